The summed E-state index contributed by atoms with van der Waals surface area (Å²) in [5.74, 6) is -1.12. The quantitative estimate of drug-likeness (QED) is 0.494. The van der Waals surface area contributed by atoms with Crippen molar-refractivity contribution in [2.75, 3.05) is 0 Å². The highest BCUT2D eigenvalue weighted by Gasteiger charge is 2.22. The molecule has 2 nitrogen and oxygen atoms in total. The van der Waals surface area contributed by atoms with E-state index in [9.17, 15) is 22.0 Å². The van der Waals surface area contributed by atoms with Gasteiger partial charge in [0, 0.05) is 35.2 Å². The highest BCUT2D eigenvalue weighted by Crippen LogP contribution is 2.29. The lowest BCUT2D eigenvalue weighted by Crippen LogP contribution is -2.00. The van der Waals surface area contributed by atoms with Gasteiger partial charge in [-0.05, 0) is 35.8 Å². The molecule has 0 aliphatic carbocycles. The summed E-state index contributed by atoms with van der Waals surface area (Å²) in [6, 6.07) is 7.85. The third kappa shape index (κ3) is 4.60. The number of alkyl halides is 3. The molecule has 2 aromatic carbocycles. The van der Waals surface area contributed by atoms with Gasteiger partial charge >= 0.3 is 6.18 Å². The molecule has 0 atom stereocenters. The van der Waals surface area contributed by atoms with E-state index in [1.807, 2.05) is 6.92 Å². The summed E-state index contributed by atoms with van der Waals surface area (Å²) >= 11 is 0. The van der Waals surface area contributed by atoms with Gasteiger partial charge < -0.3 is 0 Å². The van der Waals surface area contributed by atoms with Crippen LogP contribution in [0.3, 0.4) is 0 Å². The summed E-state index contributed by atoms with van der Waals surface area (Å²) in [6.45, 7) is 1.97. The number of hydrogen-bond acceptors (Lipinski definition) is 2. The van der Waals surface area contributed by atoms with Gasteiger partial charge in [-0.25, -0.2) is 18.7 Å². The van der Waals surface area contributed by atoms with E-state index in [-0.39, 0.29) is 22.8 Å². The smallest absolute Gasteiger partial charge is 0.236 e. The summed E-state index contributed by atoms with van der Waals surface area (Å²) in [6.07, 6.45) is 0.158. The Morgan fingerprint density at radius 1 is 0.893 bits per heavy atom. The van der Waals surface area contributed by atoms with E-state index in [1.54, 1.807) is 18.5 Å². The molecule has 0 N–H and O–H groups in total. The number of allylic oxidation sites excluding steroid dienone is 1. The zero-order valence-corrected chi connectivity index (χ0v) is 14.8. The molecule has 7 heteroatoms. The number of rotatable bonds is 4. The first-order valence-corrected chi connectivity index (χ1v) is 8.43. The summed E-state index contributed by atoms with van der Waals surface area (Å²) in [7, 11) is 0. The van der Waals surface area contributed by atoms with Crippen LogP contribution in [-0.4, -0.2) is 16.1 Å². The normalized spacial score (nSPS) is 11.9. The van der Waals surface area contributed by atoms with E-state index in [0.29, 0.717) is 17.5 Å². The summed E-state index contributed by atoms with van der Waals surface area (Å²) in [5.41, 5.74) is 1.53. The molecule has 0 radical (unpaired) electrons. The van der Waals surface area contributed by atoms with E-state index < -0.39 is 17.8 Å². The fourth-order valence-corrected chi connectivity index (χ4v) is 2.59. The Kier molecular flexibility index (Phi) is 5.53. The van der Waals surface area contributed by atoms with Gasteiger partial charge in [0.25, 0.3) is 0 Å². The third-order valence-corrected chi connectivity index (χ3v) is 4.10. The van der Waals surface area contributed by atoms with Crippen LogP contribution >= 0.6 is 0 Å². The summed E-state index contributed by atoms with van der Waals surface area (Å²) in [4.78, 5) is 8.38. The topological polar surface area (TPSA) is 25.8 Å². The number of nitrogens with zero attached hydrogens (tertiary/aromatic N) is 2. The van der Waals surface area contributed by atoms with Crippen molar-refractivity contribution >= 4 is 6.08 Å². The number of aryl methyl sites for hydroxylation is 1. The Balaban J connectivity index is 1.89. The van der Waals surface area contributed by atoms with E-state index in [2.05, 4.69) is 9.97 Å². The molecular formula is C21H15F5N2. The van der Waals surface area contributed by atoms with Gasteiger partial charge in [0.15, 0.2) is 5.82 Å². The Labute approximate surface area is 158 Å². The second-order valence-electron chi connectivity index (χ2n) is 6.07. The second-order valence-corrected chi connectivity index (χ2v) is 6.07. The Morgan fingerprint density at radius 3 is 2.11 bits per heavy atom. The average Bonchev–Trinajstić information content (AvgIpc) is 2.66. The van der Waals surface area contributed by atoms with Crippen LogP contribution in [0.2, 0.25) is 0 Å². The van der Waals surface area contributed by atoms with Gasteiger partial charge in [-0.1, -0.05) is 31.2 Å². The standard InChI is InChI=1S/C21H15F5N2/c1-2-13-11-27-20(28-12-13)16-5-6-17(19(23)10-16)15-4-3-14(18(22)9-15)7-8-21(24,25)26/h3-12H,2H2,1H3. The van der Waals surface area contributed by atoms with E-state index in [0.717, 1.165) is 18.1 Å². The lowest BCUT2D eigenvalue weighted by Gasteiger charge is -2.08. The third-order valence-electron chi connectivity index (χ3n) is 4.10. The maximum Gasteiger partial charge on any atom is 0.409 e. The molecule has 0 saturated heterocycles. The molecule has 0 spiro atoms. The molecule has 144 valence electrons. The first kappa shape index (κ1) is 19.7. The SMILES string of the molecule is CCc1cnc(-c2ccc(-c3ccc(C=CC(F)(F)F)c(F)c3)c(F)c2)nc1. The van der Waals surface area contributed by atoms with E-state index in [1.165, 1.54) is 24.3 Å². The van der Waals surface area contributed by atoms with Gasteiger partial charge in [0.05, 0.1) is 0 Å². The molecule has 3 rings (SSSR count). The minimum atomic E-state index is -4.54. The number of aromatic nitrogens is 2. The largest absolute Gasteiger partial charge is 0.409 e. The highest BCUT2D eigenvalue weighted by atomic mass is 19.4. The number of hydrogen-bond donors (Lipinski definition) is 0. The molecule has 0 bridgehead atoms. The van der Waals surface area contributed by atoms with Crippen LogP contribution in [0.1, 0.15) is 18.1 Å². The summed E-state index contributed by atoms with van der Waals surface area (Å²) in [5, 5.41) is 0. The predicted molar refractivity (Wildman–Crippen MR) is 97.3 cm³/mol. The molecule has 0 aliphatic rings. The van der Waals surface area contributed by atoms with Gasteiger partial charge in [-0.3, -0.25) is 0 Å². The highest BCUT2D eigenvalue weighted by molar-refractivity contribution is 5.70. The lowest BCUT2D eigenvalue weighted by atomic mass is 10.0. The Bertz CT molecular complexity index is 1010. The Hall–Kier alpha value is -3.09. The van der Waals surface area contributed by atoms with Crippen molar-refractivity contribution in [1.29, 1.82) is 0 Å². The molecule has 28 heavy (non-hydrogen) atoms. The van der Waals surface area contributed by atoms with Crippen molar-refractivity contribution < 1.29 is 22.0 Å². The molecule has 0 fully saturated rings. The van der Waals surface area contributed by atoms with Crippen molar-refractivity contribution in [3.63, 3.8) is 0 Å². The van der Waals surface area contributed by atoms with Crippen LogP contribution in [0.4, 0.5) is 22.0 Å². The van der Waals surface area contributed by atoms with Gasteiger partial charge in [-0.2, -0.15) is 13.2 Å². The van der Waals surface area contributed by atoms with Gasteiger partial charge in [-0.15, -0.1) is 0 Å². The molecule has 0 saturated carbocycles. The predicted octanol–water partition coefficient (Wildman–Crippen LogP) is 6.23. The van der Waals surface area contributed by atoms with E-state index in [4.69, 9.17) is 0 Å². The van der Waals surface area contributed by atoms with Crippen molar-refractivity contribution in [3.8, 4) is 22.5 Å². The molecule has 1 heterocycles. The summed E-state index contributed by atoms with van der Waals surface area (Å²) < 4.78 is 65.3. The fraction of sp³-hybridized carbons (Fsp3) is 0.143. The molecule has 3 aromatic rings. The van der Waals surface area contributed by atoms with Gasteiger partial charge in [0.2, 0.25) is 0 Å². The van der Waals surface area contributed by atoms with Crippen molar-refractivity contribution in [3.05, 3.63) is 77.6 Å². The minimum absolute atomic E-state index is 0.0513. The number of halogens is 5. The monoisotopic (exact) mass is 390 g/mol. The van der Waals surface area contributed by atoms with E-state index >= 15 is 0 Å². The maximum atomic E-state index is 14.6. The first-order chi connectivity index (χ1) is 13.3. The minimum Gasteiger partial charge on any atom is -0.236 e. The molecular weight excluding hydrogens is 375 g/mol. The average molecular weight is 390 g/mol. The Morgan fingerprint density at radius 2 is 1.54 bits per heavy atom. The molecule has 0 unspecified atom stereocenters. The first-order valence-electron chi connectivity index (χ1n) is 8.43. The van der Waals surface area contributed by atoms with Gasteiger partial charge in [0.1, 0.15) is 11.6 Å². The van der Waals surface area contributed by atoms with Crippen molar-refractivity contribution in [2.24, 2.45) is 0 Å². The molecule has 0 amide bonds. The maximum absolute atomic E-state index is 14.6. The molecule has 1 aromatic heterocycles. The van der Waals surface area contributed by atoms with Crippen LogP contribution in [0.15, 0.2) is 54.9 Å². The lowest BCUT2D eigenvalue weighted by molar-refractivity contribution is -0.0790. The zero-order chi connectivity index (χ0) is 20.3. The van der Waals surface area contributed by atoms with Crippen LogP contribution in [-0.2, 0) is 6.42 Å². The zero-order valence-electron chi connectivity index (χ0n) is 14.8. The number of benzene rings is 2. The van der Waals surface area contributed by atoms with Crippen LogP contribution in [0.5, 0.6) is 0 Å². The fourth-order valence-electron chi connectivity index (χ4n) is 2.59. The van der Waals surface area contributed by atoms with Crippen LogP contribution < -0.4 is 0 Å². The van der Waals surface area contributed by atoms with Crippen LogP contribution in [0.25, 0.3) is 28.6 Å². The van der Waals surface area contributed by atoms with Crippen LogP contribution in [0, 0.1) is 11.6 Å². The van der Waals surface area contributed by atoms with Crippen molar-refractivity contribution in [2.45, 2.75) is 19.5 Å². The second kappa shape index (κ2) is 7.88. The molecule has 0 aliphatic heterocycles. The van der Waals surface area contributed by atoms with Crippen molar-refractivity contribution in [1.82, 2.24) is 9.97 Å².